The van der Waals surface area contributed by atoms with Crippen LogP contribution in [0.3, 0.4) is 0 Å². The molecule has 1 aromatic carbocycles. The van der Waals surface area contributed by atoms with E-state index in [0.717, 1.165) is 61.5 Å². The topological polar surface area (TPSA) is 128 Å². The fourth-order valence-corrected chi connectivity index (χ4v) is 5.85. The maximum atomic E-state index is 13.0. The minimum atomic E-state index is -0.673. The fourth-order valence-electron chi connectivity index (χ4n) is 4.76. The second kappa shape index (κ2) is 12.6. The van der Waals surface area contributed by atoms with Gasteiger partial charge in [0.2, 0.25) is 0 Å². The number of nitrogens with zero attached hydrogens (tertiary/aromatic N) is 5. The Balaban J connectivity index is 1.56. The minimum Gasteiger partial charge on any atom is -0.383 e. The van der Waals surface area contributed by atoms with E-state index in [2.05, 4.69) is 38.4 Å². The smallest absolute Gasteiger partial charge is 0.270 e. The molecule has 2 N–H and O–H groups in total. The van der Waals surface area contributed by atoms with Crippen molar-refractivity contribution >= 4 is 45.6 Å². The molecule has 0 aliphatic carbocycles. The Bertz CT molecular complexity index is 1560. The molecular formula is C27H31N7O3S. The summed E-state index contributed by atoms with van der Waals surface area (Å²) < 4.78 is 9.60. The summed E-state index contributed by atoms with van der Waals surface area (Å²) in [5.74, 6) is -0.673. The van der Waals surface area contributed by atoms with E-state index in [0.29, 0.717) is 17.1 Å². The van der Waals surface area contributed by atoms with E-state index >= 15 is 0 Å². The van der Waals surface area contributed by atoms with Crippen molar-refractivity contribution in [1.82, 2.24) is 19.4 Å². The number of thiazole rings is 1. The molecule has 10 nitrogen and oxygen atoms in total. The molecule has 38 heavy (non-hydrogen) atoms. The number of rotatable bonds is 9. The summed E-state index contributed by atoms with van der Waals surface area (Å²) in [6.07, 6.45) is 5.96. The van der Waals surface area contributed by atoms with Gasteiger partial charge in [0.25, 0.3) is 11.5 Å². The lowest BCUT2D eigenvalue weighted by Gasteiger charge is -2.33. The fraction of sp³-hybridized carbons (Fsp3) is 0.407. The van der Waals surface area contributed by atoms with Crippen molar-refractivity contribution < 1.29 is 9.53 Å². The first-order valence-electron chi connectivity index (χ1n) is 12.6. The zero-order valence-electron chi connectivity index (χ0n) is 21.6. The largest absolute Gasteiger partial charge is 0.383 e. The number of anilines is 1. The molecule has 3 heterocycles. The highest BCUT2D eigenvalue weighted by atomic mass is 32.1. The number of fused-ring (bicyclic) bond motifs is 1. The quantitative estimate of drug-likeness (QED) is 0.397. The zero-order chi connectivity index (χ0) is 27.1. The highest BCUT2D eigenvalue weighted by molar-refractivity contribution is 7.07. The van der Waals surface area contributed by atoms with Gasteiger partial charge in [-0.1, -0.05) is 0 Å². The van der Waals surface area contributed by atoms with Gasteiger partial charge in [-0.25, -0.2) is 0 Å². The van der Waals surface area contributed by atoms with Crippen molar-refractivity contribution in [3.63, 3.8) is 0 Å². The Morgan fingerprint density at radius 3 is 2.74 bits per heavy atom. The molecule has 1 fully saturated rings. The van der Waals surface area contributed by atoms with E-state index < -0.39 is 5.91 Å². The molecule has 4 rings (SSSR count). The number of nitriles is 2. The number of carbonyl (C=O) groups is 1. The minimum absolute atomic E-state index is 0.184. The SMILES string of the molecule is CCn1c(=O)/c(=C/Nc2ccc3c(ccn3C3CCN(CCOC)CC3)c2)s/c1=C(\C#N)C(=O)NCC#N. The molecule has 2 aromatic heterocycles. The molecule has 0 bridgehead atoms. The van der Waals surface area contributed by atoms with Gasteiger partial charge in [0.05, 0.1) is 12.7 Å². The average Bonchev–Trinajstić information content (AvgIpc) is 3.50. The number of hydrogen-bond acceptors (Lipinski definition) is 8. The predicted molar refractivity (Wildman–Crippen MR) is 148 cm³/mol. The second-order valence-electron chi connectivity index (χ2n) is 9.00. The molecule has 198 valence electrons. The van der Waals surface area contributed by atoms with E-state index in [4.69, 9.17) is 10.00 Å². The van der Waals surface area contributed by atoms with Crippen LogP contribution in [0.1, 0.15) is 25.8 Å². The number of amides is 1. The Morgan fingerprint density at radius 2 is 2.05 bits per heavy atom. The number of methoxy groups -OCH3 is 1. The first-order chi connectivity index (χ1) is 18.5. The van der Waals surface area contributed by atoms with Gasteiger partial charge in [-0.3, -0.25) is 14.2 Å². The monoisotopic (exact) mass is 533 g/mol. The van der Waals surface area contributed by atoms with Gasteiger partial charge in [-0.15, -0.1) is 11.3 Å². The number of ether oxygens (including phenoxy) is 1. The number of hydrogen-bond donors (Lipinski definition) is 2. The highest BCUT2D eigenvalue weighted by Gasteiger charge is 2.21. The van der Waals surface area contributed by atoms with Gasteiger partial charge in [0, 0.05) is 68.3 Å². The van der Waals surface area contributed by atoms with Crippen LogP contribution in [0.5, 0.6) is 0 Å². The van der Waals surface area contributed by atoms with Crippen LogP contribution in [-0.2, 0) is 16.1 Å². The van der Waals surface area contributed by atoms with Crippen molar-refractivity contribution in [2.75, 3.05) is 45.2 Å². The van der Waals surface area contributed by atoms with E-state index in [1.54, 1.807) is 20.2 Å². The van der Waals surface area contributed by atoms with E-state index in [1.807, 2.05) is 24.3 Å². The maximum Gasteiger partial charge on any atom is 0.270 e. The Morgan fingerprint density at radius 1 is 1.26 bits per heavy atom. The molecule has 0 atom stereocenters. The van der Waals surface area contributed by atoms with Crippen LogP contribution in [-0.4, -0.2) is 59.8 Å². The van der Waals surface area contributed by atoms with Crippen LogP contribution >= 0.6 is 11.3 Å². The van der Waals surface area contributed by atoms with Crippen LogP contribution < -0.4 is 25.4 Å². The number of likely N-dealkylation sites (tertiary alicyclic amines) is 1. The van der Waals surface area contributed by atoms with Crippen molar-refractivity contribution in [3.8, 4) is 12.1 Å². The molecule has 0 unspecified atom stereocenters. The molecule has 1 aliphatic rings. The van der Waals surface area contributed by atoms with Gasteiger partial charge in [0.1, 0.15) is 21.8 Å². The molecule has 1 saturated heterocycles. The first kappa shape index (κ1) is 27.1. The molecule has 0 spiro atoms. The number of aromatic nitrogens is 2. The summed E-state index contributed by atoms with van der Waals surface area (Å²) >= 11 is 1.07. The van der Waals surface area contributed by atoms with Crippen molar-refractivity contribution in [3.05, 3.63) is 50.0 Å². The molecule has 11 heteroatoms. The Kier molecular flexibility index (Phi) is 8.98. The summed E-state index contributed by atoms with van der Waals surface area (Å²) in [7, 11) is 1.74. The van der Waals surface area contributed by atoms with E-state index in [1.165, 1.54) is 10.1 Å². The van der Waals surface area contributed by atoms with Crippen molar-refractivity contribution in [2.24, 2.45) is 0 Å². The summed E-state index contributed by atoms with van der Waals surface area (Å²) in [5.41, 5.74) is 1.54. The summed E-state index contributed by atoms with van der Waals surface area (Å²) in [6.45, 7) is 5.72. The van der Waals surface area contributed by atoms with Crippen LogP contribution in [0, 0.1) is 22.7 Å². The summed E-state index contributed by atoms with van der Waals surface area (Å²) in [4.78, 5) is 27.7. The lowest BCUT2D eigenvalue weighted by atomic mass is 10.0. The Labute approximate surface area is 224 Å². The second-order valence-corrected chi connectivity index (χ2v) is 10.0. The molecular weight excluding hydrogens is 502 g/mol. The van der Waals surface area contributed by atoms with Gasteiger partial charge in [0.15, 0.2) is 5.57 Å². The predicted octanol–water partition coefficient (Wildman–Crippen LogP) is 1.33. The third kappa shape index (κ3) is 5.81. The molecule has 0 radical (unpaired) electrons. The van der Waals surface area contributed by atoms with Gasteiger partial charge in [-0.2, -0.15) is 10.5 Å². The number of nitrogens with one attached hydrogen (secondary N) is 2. The third-order valence-corrected chi connectivity index (χ3v) is 7.89. The first-order valence-corrected chi connectivity index (χ1v) is 13.4. The lowest BCUT2D eigenvalue weighted by Crippen LogP contribution is -2.36. The molecule has 0 saturated carbocycles. The van der Waals surface area contributed by atoms with Crippen molar-refractivity contribution in [2.45, 2.75) is 32.4 Å². The number of benzene rings is 1. The number of carbonyl (C=O) groups excluding carboxylic acids is 1. The number of piperidine rings is 1. The molecule has 1 amide bonds. The van der Waals surface area contributed by atoms with Gasteiger partial charge >= 0.3 is 0 Å². The van der Waals surface area contributed by atoms with Crippen LogP contribution in [0.4, 0.5) is 5.69 Å². The maximum absolute atomic E-state index is 13.0. The molecule has 3 aromatic rings. The van der Waals surface area contributed by atoms with Gasteiger partial charge in [-0.05, 0) is 44.0 Å². The van der Waals surface area contributed by atoms with E-state index in [-0.39, 0.29) is 22.3 Å². The third-order valence-electron chi connectivity index (χ3n) is 6.76. The van der Waals surface area contributed by atoms with Gasteiger partial charge < -0.3 is 24.8 Å². The standard InChI is InChI=1S/C27H31N7O3S/c1-3-33-26(36)24(38-27(33)22(17-29)25(35)30-10-9-28)18-31-20-4-5-23-19(16-20)6-13-34(23)21-7-11-32(12-8-21)14-15-37-2/h4-6,13,16,18,21,31H,3,7-8,10-12,14-15H2,1-2H3,(H,30,35)/b24-18-,27-22+. The van der Waals surface area contributed by atoms with Crippen LogP contribution in [0.2, 0.25) is 0 Å². The van der Waals surface area contributed by atoms with E-state index in [9.17, 15) is 14.9 Å². The normalized spacial score (nSPS) is 15.7. The van der Waals surface area contributed by atoms with Crippen LogP contribution in [0.25, 0.3) is 22.7 Å². The van der Waals surface area contributed by atoms with Crippen molar-refractivity contribution in [1.29, 1.82) is 10.5 Å². The summed E-state index contributed by atoms with van der Waals surface area (Å²) in [6, 6.07) is 12.4. The van der Waals surface area contributed by atoms with Crippen LogP contribution in [0.15, 0.2) is 35.3 Å². The average molecular weight is 534 g/mol. The summed E-state index contributed by atoms with van der Waals surface area (Å²) in [5, 5.41) is 24.9. The highest BCUT2D eigenvalue weighted by Crippen LogP contribution is 2.29. The Hall–Kier alpha value is -3.90. The zero-order valence-corrected chi connectivity index (χ0v) is 22.4. The molecule has 1 aliphatic heterocycles. The lowest BCUT2D eigenvalue weighted by molar-refractivity contribution is -0.115.